The molecule has 0 atom stereocenters. The number of hydrogen-bond acceptors (Lipinski definition) is 4. The number of aromatic nitrogens is 1. The first-order valence-corrected chi connectivity index (χ1v) is 6.51. The average Bonchev–Trinajstić information content (AvgIpc) is 2.45. The van der Waals surface area contributed by atoms with Gasteiger partial charge in [-0.15, -0.1) is 0 Å². The van der Waals surface area contributed by atoms with Crippen LogP contribution in [0.15, 0.2) is 47.2 Å². The van der Waals surface area contributed by atoms with Crippen LogP contribution >= 0.6 is 15.9 Å². The Labute approximate surface area is 120 Å². The molecule has 19 heavy (non-hydrogen) atoms. The maximum absolute atomic E-state index is 8.47. The van der Waals surface area contributed by atoms with Crippen molar-refractivity contribution in [2.24, 2.45) is 0 Å². The molecule has 0 saturated carbocycles. The Kier molecular flexibility index (Phi) is 4.76. The van der Waals surface area contributed by atoms with Crippen LogP contribution in [0.3, 0.4) is 0 Å². The summed E-state index contributed by atoms with van der Waals surface area (Å²) in [4.78, 5) is 4.14. The fourth-order valence-electron chi connectivity index (χ4n) is 1.55. The molecule has 0 aliphatic carbocycles. The van der Waals surface area contributed by atoms with Crippen LogP contribution in [0.4, 0.5) is 5.69 Å². The molecule has 96 valence electrons. The van der Waals surface area contributed by atoms with E-state index in [-0.39, 0.29) is 6.61 Å². The first-order valence-electron chi connectivity index (χ1n) is 5.72. The zero-order chi connectivity index (χ0) is 13.5. The van der Waals surface area contributed by atoms with Crippen LogP contribution in [-0.4, -0.2) is 11.6 Å². The Morgan fingerprint density at radius 1 is 1.32 bits per heavy atom. The number of halogens is 1. The second-order valence-electron chi connectivity index (χ2n) is 3.82. The van der Waals surface area contributed by atoms with Gasteiger partial charge in [0.1, 0.15) is 16.4 Å². The summed E-state index contributed by atoms with van der Waals surface area (Å²) in [6.45, 7) is 0.737. The Bertz CT molecular complexity index is 578. The zero-order valence-corrected chi connectivity index (χ0v) is 11.7. The molecular formula is C14H12BrN3O. The number of nitrogens with one attached hydrogen (secondary N) is 1. The Hall–Kier alpha value is -2.06. The molecule has 1 heterocycles. The molecule has 1 aromatic carbocycles. The highest BCUT2D eigenvalue weighted by Crippen LogP contribution is 2.15. The smallest absolute Gasteiger partial charge is 0.174 e. The van der Waals surface area contributed by atoms with E-state index in [1.54, 1.807) is 6.20 Å². The van der Waals surface area contributed by atoms with Gasteiger partial charge in [-0.3, -0.25) is 0 Å². The largest absolute Gasteiger partial charge is 0.479 e. The molecule has 2 aromatic rings. The second kappa shape index (κ2) is 6.76. The highest BCUT2D eigenvalue weighted by atomic mass is 79.9. The number of anilines is 1. The molecule has 0 aliphatic rings. The normalized spacial score (nSPS) is 9.68. The van der Waals surface area contributed by atoms with Crippen molar-refractivity contribution in [3.8, 4) is 11.8 Å². The third-order valence-electron chi connectivity index (χ3n) is 2.43. The van der Waals surface area contributed by atoms with E-state index < -0.39 is 0 Å². The summed E-state index contributed by atoms with van der Waals surface area (Å²) in [5.41, 5.74) is 2.03. The standard InChI is InChI=1S/C14H12BrN3O/c15-14-5-4-12(10-18-14)17-9-11-2-1-3-13(8-11)19-7-6-16/h1-5,8,10,17H,7,9H2. The number of nitrogens with zero attached hydrogens (tertiary/aromatic N) is 2. The van der Waals surface area contributed by atoms with Gasteiger partial charge in [-0.25, -0.2) is 4.98 Å². The highest BCUT2D eigenvalue weighted by Gasteiger charge is 1.98. The van der Waals surface area contributed by atoms with E-state index in [2.05, 4.69) is 26.2 Å². The summed E-state index contributed by atoms with van der Waals surface area (Å²) in [6.07, 6.45) is 1.76. The van der Waals surface area contributed by atoms with Gasteiger partial charge in [-0.1, -0.05) is 12.1 Å². The van der Waals surface area contributed by atoms with Gasteiger partial charge in [-0.2, -0.15) is 5.26 Å². The molecule has 4 nitrogen and oxygen atoms in total. The maximum atomic E-state index is 8.47. The third-order valence-corrected chi connectivity index (χ3v) is 2.89. The van der Waals surface area contributed by atoms with E-state index in [4.69, 9.17) is 10.00 Å². The first kappa shape index (κ1) is 13.4. The number of pyridine rings is 1. The monoisotopic (exact) mass is 317 g/mol. The molecule has 0 amide bonds. The number of hydrogen-bond donors (Lipinski definition) is 1. The van der Waals surface area contributed by atoms with Gasteiger partial charge >= 0.3 is 0 Å². The number of ether oxygens (including phenoxy) is 1. The van der Waals surface area contributed by atoms with Gasteiger partial charge < -0.3 is 10.1 Å². The number of nitriles is 1. The molecule has 0 bridgehead atoms. The Morgan fingerprint density at radius 2 is 2.21 bits per heavy atom. The van der Waals surface area contributed by atoms with Gasteiger partial charge in [-0.05, 0) is 45.8 Å². The van der Waals surface area contributed by atoms with E-state index in [1.165, 1.54) is 0 Å². The molecule has 0 aliphatic heterocycles. The lowest BCUT2D eigenvalue weighted by Gasteiger charge is -2.08. The van der Waals surface area contributed by atoms with Crippen molar-refractivity contribution in [2.45, 2.75) is 6.54 Å². The molecule has 0 radical (unpaired) electrons. The van der Waals surface area contributed by atoms with E-state index >= 15 is 0 Å². The molecule has 0 fully saturated rings. The highest BCUT2D eigenvalue weighted by molar-refractivity contribution is 9.10. The summed E-state index contributed by atoms with van der Waals surface area (Å²) in [5, 5.41) is 11.7. The fourth-order valence-corrected chi connectivity index (χ4v) is 1.78. The van der Waals surface area contributed by atoms with E-state index in [9.17, 15) is 0 Å². The summed E-state index contributed by atoms with van der Waals surface area (Å²) in [5.74, 6) is 0.704. The lowest BCUT2D eigenvalue weighted by Crippen LogP contribution is -2.00. The van der Waals surface area contributed by atoms with Crippen molar-refractivity contribution >= 4 is 21.6 Å². The van der Waals surface area contributed by atoms with Crippen molar-refractivity contribution in [1.29, 1.82) is 5.26 Å². The number of benzene rings is 1. The van der Waals surface area contributed by atoms with Crippen LogP contribution in [0, 0.1) is 11.3 Å². The van der Waals surface area contributed by atoms with E-state index in [1.807, 2.05) is 42.5 Å². The predicted octanol–water partition coefficient (Wildman–Crippen LogP) is 3.36. The van der Waals surface area contributed by atoms with Crippen molar-refractivity contribution in [1.82, 2.24) is 4.98 Å². The van der Waals surface area contributed by atoms with Crippen LogP contribution in [-0.2, 0) is 6.54 Å². The van der Waals surface area contributed by atoms with Crippen LogP contribution in [0.2, 0.25) is 0 Å². The topological polar surface area (TPSA) is 57.9 Å². The van der Waals surface area contributed by atoms with Crippen LogP contribution in [0.25, 0.3) is 0 Å². The van der Waals surface area contributed by atoms with Gasteiger partial charge in [0, 0.05) is 6.54 Å². The average molecular weight is 318 g/mol. The van der Waals surface area contributed by atoms with Crippen LogP contribution in [0.1, 0.15) is 5.56 Å². The minimum absolute atomic E-state index is 0.0630. The van der Waals surface area contributed by atoms with Gasteiger partial charge in [0.05, 0.1) is 11.9 Å². The fraction of sp³-hybridized carbons (Fsp3) is 0.143. The predicted molar refractivity (Wildman–Crippen MR) is 76.8 cm³/mol. The second-order valence-corrected chi connectivity index (χ2v) is 4.63. The molecule has 0 unspecified atom stereocenters. The van der Waals surface area contributed by atoms with Crippen LogP contribution in [0.5, 0.6) is 5.75 Å². The minimum Gasteiger partial charge on any atom is -0.479 e. The SMILES string of the molecule is N#CCOc1cccc(CNc2ccc(Br)nc2)c1. The lowest BCUT2D eigenvalue weighted by molar-refractivity contribution is 0.368. The maximum Gasteiger partial charge on any atom is 0.174 e. The molecule has 1 N–H and O–H groups in total. The number of rotatable bonds is 5. The van der Waals surface area contributed by atoms with Crippen LogP contribution < -0.4 is 10.1 Å². The minimum atomic E-state index is 0.0630. The summed E-state index contributed by atoms with van der Waals surface area (Å²) >= 11 is 3.29. The van der Waals surface area contributed by atoms with Gasteiger partial charge in [0.25, 0.3) is 0 Å². The molecule has 1 aromatic heterocycles. The molecule has 5 heteroatoms. The third kappa shape index (κ3) is 4.27. The van der Waals surface area contributed by atoms with Crippen molar-refractivity contribution in [3.05, 3.63) is 52.8 Å². The van der Waals surface area contributed by atoms with Crippen molar-refractivity contribution in [3.63, 3.8) is 0 Å². The summed E-state index contributed by atoms with van der Waals surface area (Å²) in [7, 11) is 0. The first-order chi connectivity index (χ1) is 9.28. The van der Waals surface area contributed by atoms with E-state index in [0.29, 0.717) is 12.3 Å². The van der Waals surface area contributed by atoms with Crippen molar-refractivity contribution < 1.29 is 4.74 Å². The molecule has 0 saturated heterocycles. The zero-order valence-electron chi connectivity index (χ0n) is 10.1. The molecular weight excluding hydrogens is 306 g/mol. The van der Waals surface area contributed by atoms with Gasteiger partial charge in [0.15, 0.2) is 6.61 Å². The summed E-state index contributed by atoms with van der Waals surface area (Å²) < 4.78 is 6.07. The quantitative estimate of drug-likeness (QED) is 0.859. The Balaban J connectivity index is 1.95. The summed E-state index contributed by atoms with van der Waals surface area (Å²) in [6, 6.07) is 13.4. The molecule has 0 spiro atoms. The Morgan fingerprint density at radius 3 is 2.95 bits per heavy atom. The van der Waals surface area contributed by atoms with E-state index in [0.717, 1.165) is 15.9 Å². The van der Waals surface area contributed by atoms with Gasteiger partial charge in [0.2, 0.25) is 0 Å². The molecule has 2 rings (SSSR count). The lowest BCUT2D eigenvalue weighted by atomic mass is 10.2. The van der Waals surface area contributed by atoms with Crippen molar-refractivity contribution in [2.75, 3.05) is 11.9 Å².